The summed E-state index contributed by atoms with van der Waals surface area (Å²) < 4.78 is 13.8. The maximum atomic E-state index is 12.8. The Hall–Kier alpha value is -3.06. The normalized spacial score (nSPS) is 10.9. The molecule has 2 amide bonds. The van der Waals surface area contributed by atoms with Crippen LogP contribution in [-0.4, -0.2) is 19.7 Å². The van der Waals surface area contributed by atoms with Crippen molar-refractivity contribution in [3.8, 4) is 11.5 Å². The van der Waals surface area contributed by atoms with Crippen molar-refractivity contribution < 1.29 is 18.8 Å². The minimum Gasteiger partial charge on any atom is -0.493 e. The molecule has 0 saturated carbocycles. The average molecular weight is 567 g/mol. The Morgan fingerprint density at radius 1 is 0.850 bits per heavy atom. The first kappa shape index (κ1) is 31.5. The number of aromatic nitrogens is 1. The third-order valence-electron chi connectivity index (χ3n) is 6.99. The van der Waals surface area contributed by atoms with Gasteiger partial charge in [0.05, 0.1) is 24.3 Å². The number of hydrogen-bond donors (Lipinski definition) is 2. The van der Waals surface area contributed by atoms with Gasteiger partial charge >= 0.3 is 6.03 Å². The summed E-state index contributed by atoms with van der Waals surface area (Å²) in [6, 6.07) is 13.1. The Bertz CT molecular complexity index is 1130. The van der Waals surface area contributed by atoms with Crippen LogP contribution in [0.15, 0.2) is 54.2 Å². The first-order valence-corrected chi connectivity index (χ1v) is 15.9. The van der Waals surface area contributed by atoms with Gasteiger partial charge in [-0.2, -0.15) is 4.57 Å². The lowest BCUT2D eigenvalue weighted by molar-refractivity contribution is -0.683. The van der Waals surface area contributed by atoms with Crippen LogP contribution in [0.5, 0.6) is 11.5 Å². The summed E-state index contributed by atoms with van der Waals surface area (Å²) in [5.74, 6) is 1.18. The van der Waals surface area contributed by atoms with Crippen LogP contribution in [0.25, 0.3) is 0 Å². The zero-order valence-corrected chi connectivity index (χ0v) is 25.5. The van der Waals surface area contributed by atoms with E-state index < -0.39 is 0 Å². The number of benzene rings is 2. The summed E-state index contributed by atoms with van der Waals surface area (Å²) in [6.07, 6.45) is 17.8. The first-order chi connectivity index (χ1) is 19.6. The standard InChI is InChI=1S/C33H47N3O3S/c1-4-5-6-7-8-9-10-11-12-13-14-15-23-39-32-30(17-16-18-31(32)38-3)35-33(37)34-29-21-19-28(20-22-29)25-36-24-27(2)40-26-36/h16-22,24,26H,4-15,23,25H2,1-3H3,(H-,34,35,37)/p+1. The van der Waals surface area contributed by atoms with E-state index in [1.807, 2.05) is 42.5 Å². The molecule has 0 aliphatic heterocycles. The maximum Gasteiger partial charge on any atom is 0.323 e. The number of ether oxygens (including phenoxy) is 2. The molecule has 218 valence electrons. The summed E-state index contributed by atoms with van der Waals surface area (Å²) in [5.41, 5.74) is 4.61. The summed E-state index contributed by atoms with van der Waals surface area (Å²) in [6.45, 7) is 5.77. The Morgan fingerprint density at radius 3 is 2.10 bits per heavy atom. The number of amides is 2. The highest BCUT2D eigenvalue weighted by atomic mass is 32.1. The van der Waals surface area contributed by atoms with Crippen molar-refractivity contribution >= 4 is 28.7 Å². The van der Waals surface area contributed by atoms with Crippen LogP contribution in [0.3, 0.4) is 0 Å². The predicted octanol–water partition coefficient (Wildman–Crippen LogP) is 9.12. The molecule has 1 aromatic heterocycles. The van der Waals surface area contributed by atoms with Crippen molar-refractivity contribution in [1.29, 1.82) is 0 Å². The largest absolute Gasteiger partial charge is 0.493 e. The van der Waals surface area contributed by atoms with Crippen LogP contribution in [0, 0.1) is 6.92 Å². The van der Waals surface area contributed by atoms with E-state index in [2.05, 4.69) is 40.8 Å². The zero-order valence-electron chi connectivity index (χ0n) is 24.7. The molecule has 0 radical (unpaired) electrons. The number of hydrogen-bond acceptors (Lipinski definition) is 4. The fourth-order valence-corrected chi connectivity index (χ4v) is 5.39. The van der Waals surface area contributed by atoms with E-state index in [0.29, 0.717) is 23.8 Å². The van der Waals surface area contributed by atoms with Gasteiger partial charge in [0.25, 0.3) is 0 Å². The third kappa shape index (κ3) is 11.6. The number of para-hydroxylation sites is 1. The molecule has 1 heterocycles. The summed E-state index contributed by atoms with van der Waals surface area (Å²) >= 11 is 1.73. The van der Waals surface area contributed by atoms with Crippen molar-refractivity contribution in [3.63, 3.8) is 0 Å². The van der Waals surface area contributed by atoms with E-state index in [1.54, 1.807) is 18.4 Å². The van der Waals surface area contributed by atoms with Gasteiger partial charge in [-0.05, 0) is 37.6 Å². The zero-order chi connectivity index (χ0) is 28.4. The number of nitrogens with zero attached hydrogens (tertiary/aromatic N) is 1. The van der Waals surface area contributed by atoms with E-state index in [4.69, 9.17) is 9.47 Å². The monoisotopic (exact) mass is 566 g/mol. The number of aryl methyl sites for hydroxylation is 1. The van der Waals surface area contributed by atoms with Crippen LogP contribution in [-0.2, 0) is 6.54 Å². The molecule has 0 fully saturated rings. The first-order valence-electron chi connectivity index (χ1n) is 15.0. The number of thiazole rings is 1. The van der Waals surface area contributed by atoms with Gasteiger partial charge in [0.1, 0.15) is 0 Å². The van der Waals surface area contributed by atoms with Crippen LogP contribution >= 0.6 is 11.3 Å². The Kier molecular flexibility index (Phi) is 14.4. The number of nitrogens with one attached hydrogen (secondary N) is 2. The molecule has 0 aliphatic rings. The molecule has 40 heavy (non-hydrogen) atoms. The molecule has 3 rings (SSSR count). The molecule has 0 aliphatic carbocycles. The van der Waals surface area contributed by atoms with Gasteiger partial charge in [-0.1, -0.05) is 107 Å². The van der Waals surface area contributed by atoms with Crippen molar-refractivity contribution in [1.82, 2.24) is 0 Å². The molecular formula is C33H48N3O3S+. The quantitative estimate of drug-likeness (QED) is 0.112. The molecule has 0 unspecified atom stereocenters. The van der Waals surface area contributed by atoms with Crippen LogP contribution in [0.1, 0.15) is 94.4 Å². The Labute approximate surface area is 245 Å². The van der Waals surface area contributed by atoms with E-state index in [-0.39, 0.29) is 6.03 Å². The predicted molar refractivity (Wildman–Crippen MR) is 167 cm³/mol. The van der Waals surface area contributed by atoms with Crippen molar-refractivity contribution in [2.75, 3.05) is 24.4 Å². The molecule has 6 nitrogen and oxygen atoms in total. The molecule has 0 spiro atoms. The van der Waals surface area contributed by atoms with Crippen molar-refractivity contribution in [2.24, 2.45) is 0 Å². The Balaban J connectivity index is 1.38. The summed E-state index contributed by atoms with van der Waals surface area (Å²) in [7, 11) is 1.62. The second-order valence-corrected chi connectivity index (χ2v) is 11.6. The van der Waals surface area contributed by atoms with Crippen LogP contribution < -0.4 is 24.7 Å². The van der Waals surface area contributed by atoms with Crippen molar-refractivity contribution in [3.05, 3.63) is 64.6 Å². The molecule has 3 aromatic rings. The Morgan fingerprint density at radius 2 is 1.50 bits per heavy atom. The molecule has 2 N–H and O–H groups in total. The highest BCUT2D eigenvalue weighted by Crippen LogP contribution is 2.35. The molecule has 7 heteroatoms. The van der Waals surface area contributed by atoms with Gasteiger partial charge in [0, 0.05) is 11.3 Å². The maximum absolute atomic E-state index is 12.8. The fourth-order valence-electron chi connectivity index (χ4n) is 4.76. The number of unbranched alkanes of at least 4 members (excludes halogenated alkanes) is 11. The number of rotatable bonds is 19. The van der Waals surface area contributed by atoms with E-state index >= 15 is 0 Å². The number of carbonyl (C=O) groups excluding carboxylic acids is 1. The SMILES string of the molecule is CCCCCCCCCCCCCCOc1c(NC(=O)Nc2ccc(C[n+]3csc(C)c3)cc2)cccc1OC. The lowest BCUT2D eigenvalue weighted by Crippen LogP contribution is -2.30. The van der Waals surface area contributed by atoms with E-state index in [0.717, 1.165) is 25.1 Å². The second-order valence-electron chi connectivity index (χ2n) is 10.5. The highest BCUT2D eigenvalue weighted by Gasteiger charge is 2.14. The molecule has 0 saturated heterocycles. The number of methoxy groups -OCH3 is 1. The minimum atomic E-state index is -0.320. The van der Waals surface area contributed by atoms with Crippen LogP contribution in [0.4, 0.5) is 16.2 Å². The molecule has 0 bridgehead atoms. The summed E-state index contributed by atoms with van der Waals surface area (Å²) in [4.78, 5) is 14.1. The van der Waals surface area contributed by atoms with Gasteiger partial charge in [0.2, 0.25) is 5.51 Å². The van der Waals surface area contributed by atoms with Gasteiger partial charge in [-0.3, -0.25) is 0 Å². The number of carbonyl (C=O) groups is 1. The highest BCUT2D eigenvalue weighted by molar-refractivity contribution is 7.09. The molecular weight excluding hydrogens is 518 g/mol. The lowest BCUT2D eigenvalue weighted by Gasteiger charge is -2.16. The topological polar surface area (TPSA) is 63.5 Å². The fraction of sp³-hybridized carbons (Fsp3) is 0.515. The van der Waals surface area contributed by atoms with Gasteiger partial charge < -0.3 is 20.1 Å². The lowest BCUT2D eigenvalue weighted by atomic mass is 10.1. The second kappa shape index (κ2) is 18.3. The molecule has 0 atom stereocenters. The van der Waals surface area contributed by atoms with Gasteiger partial charge in [0.15, 0.2) is 24.2 Å². The van der Waals surface area contributed by atoms with Crippen LogP contribution in [0.2, 0.25) is 0 Å². The third-order valence-corrected chi connectivity index (χ3v) is 7.84. The van der Waals surface area contributed by atoms with E-state index in [9.17, 15) is 4.79 Å². The van der Waals surface area contributed by atoms with Crippen molar-refractivity contribution in [2.45, 2.75) is 97.4 Å². The number of anilines is 2. The number of urea groups is 1. The van der Waals surface area contributed by atoms with Gasteiger partial charge in [-0.15, -0.1) is 0 Å². The van der Waals surface area contributed by atoms with E-state index in [1.165, 1.54) is 74.6 Å². The summed E-state index contributed by atoms with van der Waals surface area (Å²) in [5, 5.41) is 5.85. The minimum absolute atomic E-state index is 0.320. The molecule has 2 aromatic carbocycles. The van der Waals surface area contributed by atoms with Gasteiger partial charge in [-0.25, -0.2) is 4.79 Å². The smallest absolute Gasteiger partial charge is 0.323 e. The average Bonchev–Trinajstić information content (AvgIpc) is 3.37.